The molecule has 7 heteroatoms. The van der Waals surface area contributed by atoms with Gasteiger partial charge >= 0.3 is 0 Å². The first-order chi connectivity index (χ1) is 7.15. The number of rotatable bonds is 1. The minimum absolute atomic E-state index is 0.266. The van der Waals surface area contributed by atoms with Gasteiger partial charge in [0.25, 0.3) is 11.1 Å². The Balaban J connectivity index is 2.31. The Morgan fingerprint density at radius 1 is 1.47 bits per heavy atom. The van der Waals surface area contributed by atoms with E-state index in [1.54, 1.807) is 0 Å². The molecule has 0 unspecified atom stereocenters. The predicted octanol–water partition coefficient (Wildman–Crippen LogP) is 1.45. The highest BCUT2D eigenvalue weighted by Crippen LogP contribution is 2.24. The maximum absolute atomic E-state index is 11.2. The molecule has 1 N–H and O–H groups in total. The summed E-state index contributed by atoms with van der Waals surface area (Å²) in [7, 11) is 0. The molecular weight excluding hydrogens is 238 g/mol. The molecule has 0 radical (unpaired) electrons. The van der Waals surface area contributed by atoms with Crippen LogP contribution in [-0.2, 0) is 4.79 Å². The standard InChI is InChI=1S/C8H4ClN3O2S/c9-5-1-2-10-6(11-5)3-4-7(13)12-8(14)15-4/h1-3H,(H,12,13,14). The van der Waals surface area contributed by atoms with Gasteiger partial charge in [-0.05, 0) is 17.8 Å². The van der Waals surface area contributed by atoms with Crippen molar-refractivity contribution in [2.75, 3.05) is 0 Å². The van der Waals surface area contributed by atoms with Crippen molar-refractivity contribution in [3.05, 3.63) is 28.1 Å². The number of thioether (sulfide) groups is 1. The van der Waals surface area contributed by atoms with E-state index in [0.29, 0.717) is 5.82 Å². The number of carbonyl (C=O) groups is 2. The fraction of sp³-hybridized carbons (Fsp3) is 0. The summed E-state index contributed by atoms with van der Waals surface area (Å²) in [5, 5.41) is 2.02. The number of imide groups is 1. The smallest absolute Gasteiger partial charge is 0.282 e. The summed E-state index contributed by atoms with van der Waals surface area (Å²) in [6.45, 7) is 0. The zero-order valence-corrected chi connectivity index (χ0v) is 8.80. The summed E-state index contributed by atoms with van der Waals surface area (Å²) < 4.78 is 0. The first-order valence-corrected chi connectivity index (χ1v) is 5.08. The van der Waals surface area contributed by atoms with Gasteiger partial charge in [-0.25, -0.2) is 9.97 Å². The molecule has 0 atom stereocenters. The van der Waals surface area contributed by atoms with Crippen LogP contribution in [0.3, 0.4) is 0 Å². The molecule has 1 aromatic rings. The number of nitrogens with one attached hydrogen (secondary N) is 1. The molecule has 76 valence electrons. The highest BCUT2D eigenvalue weighted by Gasteiger charge is 2.25. The Kier molecular flexibility index (Phi) is 2.70. The van der Waals surface area contributed by atoms with Crippen molar-refractivity contribution < 1.29 is 9.59 Å². The minimum Gasteiger partial charge on any atom is -0.282 e. The summed E-state index contributed by atoms with van der Waals surface area (Å²) in [6, 6.07) is 1.52. The van der Waals surface area contributed by atoms with Gasteiger partial charge in [-0.15, -0.1) is 0 Å². The molecule has 1 aliphatic rings. The molecular formula is C8H4ClN3O2S. The number of hydrogen-bond acceptors (Lipinski definition) is 5. The van der Waals surface area contributed by atoms with Crippen LogP contribution in [0.2, 0.25) is 5.15 Å². The fourth-order valence-electron chi connectivity index (χ4n) is 0.959. The van der Waals surface area contributed by atoms with Crippen LogP contribution in [0.25, 0.3) is 6.08 Å². The third-order valence-corrected chi connectivity index (χ3v) is 2.56. The lowest BCUT2D eigenvalue weighted by molar-refractivity contribution is -0.115. The van der Waals surface area contributed by atoms with E-state index in [1.807, 2.05) is 0 Å². The second-order valence-corrected chi connectivity index (χ2v) is 3.99. The van der Waals surface area contributed by atoms with Crippen molar-refractivity contribution in [2.45, 2.75) is 0 Å². The Bertz CT molecular complexity index is 475. The van der Waals surface area contributed by atoms with Crippen molar-refractivity contribution in [3.8, 4) is 0 Å². The molecule has 0 bridgehead atoms. The molecule has 2 amide bonds. The topological polar surface area (TPSA) is 72.0 Å². The zero-order valence-electron chi connectivity index (χ0n) is 7.23. The molecule has 2 rings (SSSR count). The van der Waals surface area contributed by atoms with Crippen LogP contribution in [0.5, 0.6) is 0 Å². The van der Waals surface area contributed by atoms with E-state index >= 15 is 0 Å². The third-order valence-electron chi connectivity index (χ3n) is 1.54. The van der Waals surface area contributed by atoms with Gasteiger partial charge in [0.2, 0.25) is 0 Å². The summed E-state index contributed by atoms with van der Waals surface area (Å²) >= 11 is 6.45. The number of aromatic nitrogens is 2. The number of amides is 2. The maximum Gasteiger partial charge on any atom is 0.290 e. The molecule has 0 saturated carbocycles. The average Bonchev–Trinajstić information content (AvgIpc) is 2.45. The number of halogens is 1. The van der Waals surface area contributed by atoms with E-state index in [2.05, 4.69) is 15.3 Å². The fourth-order valence-corrected chi connectivity index (χ4v) is 1.75. The molecule has 1 aliphatic heterocycles. The third kappa shape index (κ3) is 2.34. The molecule has 0 aliphatic carbocycles. The molecule has 1 fully saturated rings. The van der Waals surface area contributed by atoms with Gasteiger partial charge in [0.1, 0.15) is 5.15 Å². The number of hydrogen-bond donors (Lipinski definition) is 1. The van der Waals surface area contributed by atoms with Crippen LogP contribution in [0, 0.1) is 0 Å². The van der Waals surface area contributed by atoms with Gasteiger partial charge in [0.15, 0.2) is 5.82 Å². The second kappa shape index (κ2) is 4.00. The Labute approximate surface area is 93.9 Å². The van der Waals surface area contributed by atoms with Crippen LogP contribution in [-0.4, -0.2) is 21.1 Å². The molecule has 0 spiro atoms. The van der Waals surface area contributed by atoms with Crippen molar-refractivity contribution in [1.29, 1.82) is 0 Å². The molecule has 2 heterocycles. The van der Waals surface area contributed by atoms with Crippen molar-refractivity contribution in [2.24, 2.45) is 0 Å². The van der Waals surface area contributed by atoms with E-state index in [1.165, 1.54) is 18.3 Å². The SMILES string of the molecule is O=C1NC(=O)C(=Cc2nccc(Cl)n2)S1. The average molecular weight is 242 g/mol. The molecule has 15 heavy (non-hydrogen) atoms. The molecule has 1 saturated heterocycles. The quantitative estimate of drug-likeness (QED) is 0.595. The lowest BCUT2D eigenvalue weighted by Gasteiger charge is -1.93. The van der Waals surface area contributed by atoms with Crippen LogP contribution in [0.1, 0.15) is 5.82 Å². The summed E-state index contributed by atoms with van der Waals surface area (Å²) in [4.78, 5) is 30.0. The second-order valence-electron chi connectivity index (χ2n) is 2.59. The number of nitrogens with zero attached hydrogens (tertiary/aromatic N) is 2. The highest BCUT2D eigenvalue weighted by atomic mass is 35.5. The van der Waals surface area contributed by atoms with Crippen LogP contribution in [0.15, 0.2) is 17.2 Å². The predicted molar refractivity (Wildman–Crippen MR) is 56.1 cm³/mol. The molecule has 1 aromatic heterocycles. The highest BCUT2D eigenvalue weighted by molar-refractivity contribution is 8.18. The maximum atomic E-state index is 11.2. The van der Waals surface area contributed by atoms with Crippen molar-refractivity contribution in [1.82, 2.24) is 15.3 Å². The van der Waals surface area contributed by atoms with Gasteiger partial charge in [0, 0.05) is 12.3 Å². The van der Waals surface area contributed by atoms with Crippen LogP contribution >= 0.6 is 23.4 Å². The largest absolute Gasteiger partial charge is 0.290 e. The van der Waals surface area contributed by atoms with Gasteiger partial charge < -0.3 is 0 Å². The monoisotopic (exact) mass is 241 g/mol. The van der Waals surface area contributed by atoms with Gasteiger partial charge in [0.05, 0.1) is 4.91 Å². The lowest BCUT2D eigenvalue weighted by Crippen LogP contribution is -2.17. The van der Waals surface area contributed by atoms with E-state index in [9.17, 15) is 9.59 Å². The summed E-state index contributed by atoms with van der Waals surface area (Å²) in [5.74, 6) is -0.136. The minimum atomic E-state index is -0.437. The zero-order chi connectivity index (χ0) is 10.8. The van der Waals surface area contributed by atoms with E-state index in [-0.39, 0.29) is 10.1 Å². The van der Waals surface area contributed by atoms with E-state index in [4.69, 9.17) is 11.6 Å². The Morgan fingerprint density at radius 2 is 2.27 bits per heavy atom. The lowest BCUT2D eigenvalue weighted by atomic mass is 10.4. The van der Waals surface area contributed by atoms with Gasteiger partial charge in [-0.1, -0.05) is 11.6 Å². The van der Waals surface area contributed by atoms with E-state index < -0.39 is 11.1 Å². The van der Waals surface area contributed by atoms with Crippen molar-refractivity contribution in [3.63, 3.8) is 0 Å². The van der Waals surface area contributed by atoms with Crippen LogP contribution in [0.4, 0.5) is 4.79 Å². The summed E-state index contributed by atoms with van der Waals surface area (Å²) in [6.07, 6.45) is 2.89. The van der Waals surface area contributed by atoms with Gasteiger partial charge in [-0.2, -0.15) is 0 Å². The molecule has 5 nitrogen and oxygen atoms in total. The summed E-state index contributed by atoms with van der Waals surface area (Å²) in [5.41, 5.74) is 0. The normalized spacial score (nSPS) is 18.3. The first kappa shape index (κ1) is 10.1. The Hall–Kier alpha value is -1.40. The van der Waals surface area contributed by atoms with Crippen molar-refractivity contribution >= 4 is 40.6 Å². The van der Waals surface area contributed by atoms with Crippen LogP contribution < -0.4 is 5.32 Å². The number of carbonyl (C=O) groups excluding carboxylic acids is 2. The van der Waals surface area contributed by atoms with E-state index in [0.717, 1.165) is 11.8 Å². The first-order valence-electron chi connectivity index (χ1n) is 3.88. The molecule has 0 aromatic carbocycles. The van der Waals surface area contributed by atoms with Gasteiger partial charge in [-0.3, -0.25) is 14.9 Å². The Morgan fingerprint density at radius 3 is 2.87 bits per heavy atom.